The average molecular weight is 272 g/mol. The van der Waals surface area contributed by atoms with Crippen LogP contribution in [0.15, 0.2) is 0 Å². The van der Waals surface area contributed by atoms with Gasteiger partial charge in [0.25, 0.3) is 0 Å². The Labute approximate surface area is 108 Å². The third-order valence-corrected chi connectivity index (χ3v) is 1.35. The zero-order valence-corrected chi connectivity index (χ0v) is 10.9. The summed E-state index contributed by atoms with van der Waals surface area (Å²) in [6.45, 7) is 1.27. The van der Waals surface area contributed by atoms with Gasteiger partial charge in [-0.2, -0.15) is 0 Å². The smallest absolute Gasteiger partial charge is 0.0698 e. The van der Waals surface area contributed by atoms with Crippen molar-refractivity contribution < 1.29 is 35.4 Å². The first-order valence-corrected chi connectivity index (χ1v) is 5.97. The van der Waals surface area contributed by atoms with Gasteiger partial charge >= 0.3 is 0 Å². The van der Waals surface area contributed by atoms with E-state index in [0.29, 0.717) is 19.6 Å². The van der Waals surface area contributed by atoms with Crippen LogP contribution in [0.3, 0.4) is 0 Å². The summed E-state index contributed by atoms with van der Waals surface area (Å²) in [7, 11) is 0. The molecule has 0 rings (SSSR count). The minimum Gasteiger partial charge on any atom is -0.396 e. The Hall–Kier alpha value is -0.280. The fraction of sp³-hybridized carbons (Fsp3) is 1.00. The van der Waals surface area contributed by atoms with Crippen LogP contribution in [0.5, 0.6) is 0 Å². The van der Waals surface area contributed by atoms with E-state index < -0.39 is 0 Å². The third kappa shape index (κ3) is 44.8. The highest BCUT2D eigenvalue weighted by atomic mass is 16.5. The Morgan fingerprint density at radius 3 is 0.944 bits per heavy atom. The highest BCUT2D eigenvalue weighted by molar-refractivity contribution is 4.30. The number of aliphatic hydroxyl groups excluding tert-OH is 6. The topological polar surface area (TPSA) is 131 Å². The molecule has 114 valence electrons. The molecule has 0 aromatic heterocycles. The van der Waals surface area contributed by atoms with Crippen molar-refractivity contribution in [2.45, 2.75) is 19.3 Å². The van der Waals surface area contributed by atoms with E-state index in [9.17, 15) is 0 Å². The van der Waals surface area contributed by atoms with Gasteiger partial charge in [0.05, 0.1) is 26.4 Å². The Morgan fingerprint density at radius 2 is 0.778 bits per heavy atom. The molecule has 0 aromatic rings. The van der Waals surface area contributed by atoms with E-state index in [2.05, 4.69) is 4.74 Å². The summed E-state index contributed by atoms with van der Waals surface area (Å²) < 4.78 is 4.63. The quantitative estimate of drug-likeness (QED) is 0.270. The van der Waals surface area contributed by atoms with E-state index in [1.165, 1.54) is 0 Å². The zero-order valence-electron chi connectivity index (χ0n) is 10.9. The molecule has 0 aromatic carbocycles. The maximum Gasteiger partial charge on any atom is 0.0698 e. The summed E-state index contributed by atoms with van der Waals surface area (Å²) in [6, 6.07) is 0. The van der Waals surface area contributed by atoms with Gasteiger partial charge in [0.15, 0.2) is 0 Å². The first-order chi connectivity index (χ1) is 8.74. The number of aliphatic hydroxyl groups is 6. The molecule has 0 amide bonds. The minimum atomic E-state index is 0.0278. The predicted molar refractivity (Wildman–Crippen MR) is 67.2 cm³/mol. The van der Waals surface area contributed by atoms with Crippen molar-refractivity contribution in [3.05, 3.63) is 0 Å². The minimum absolute atomic E-state index is 0.0278. The second-order valence-corrected chi connectivity index (χ2v) is 3.01. The number of rotatable bonds is 9. The highest BCUT2D eigenvalue weighted by Crippen LogP contribution is 1.80. The van der Waals surface area contributed by atoms with Crippen LogP contribution in [0.1, 0.15) is 19.3 Å². The molecule has 0 aliphatic heterocycles. The van der Waals surface area contributed by atoms with Gasteiger partial charge in [-0.25, -0.2) is 0 Å². The summed E-state index contributed by atoms with van der Waals surface area (Å²) in [5.41, 5.74) is 0. The fourth-order valence-corrected chi connectivity index (χ4v) is 0.525. The molecule has 0 spiro atoms. The lowest BCUT2D eigenvalue weighted by Crippen LogP contribution is -2.03. The van der Waals surface area contributed by atoms with Crippen molar-refractivity contribution in [2.24, 2.45) is 0 Å². The lowest BCUT2D eigenvalue weighted by molar-refractivity contribution is 0.0650. The fourth-order valence-electron chi connectivity index (χ4n) is 0.525. The Balaban J connectivity index is -0.000000190. The van der Waals surface area contributed by atoms with Gasteiger partial charge in [-0.1, -0.05) is 0 Å². The molecule has 0 aliphatic carbocycles. The van der Waals surface area contributed by atoms with Crippen LogP contribution >= 0.6 is 0 Å². The maximum absolute atomic E-state index is 8.09. The van der Waals surface area contributed by atoms with Crippen LogP contribution < -0.4 is 0 Å². The molecule has 6 N–H and O–H groups in total. The number of ether oxygens (including phenoxy) is 1. The molecule has 0 saturated heterocycles. The van der Waals surface area contributed by atoms with E-state index >= 15 is 0 Å². The zero-order chi connectivity index (χ0) is 14.5. The van der Waals surface area contributed by atoms with Crippen molar-refractivity contribution in [1.29, 1.82) is 0 Å². The Kier molecular flexibility index (Phi) is 38.2. The van der Waals surface area contributed by atoms with Gasteiger partial charge in [-0.15, -0.1) is 0 Å². The summed E-state index contributed by atoms with van der Waals surface area (Å²) >= 11 is 0. The van der Waals surface area contributed by atoms with Gasteiger partial charge in [0.2, 0.25) is 0 Å². The summed E-state index contributed by atoms with van der Waals surface area (Å²) in [6.07, 6.45) is 1.94. The van der Waals surface area contributed by atoms with Gasteiger partial charge in [-0.05, 0) is 19.3 Å². The van der Waals surface area contributed by atoms with E-state index in [0.717, 1.165) is 12.8 Å². The van der Waals surface area contributed by atoms with Crippen molar-refractivity contribution in [3.63, 3.8) is 0 Å². The van der Waals surface area contributed by atoms with Crippen molar-refractivity contribution >= 4 is 0 Å². The standard InChI is InChI=1S/C4H10O3.C4H10O2.C3H8O2/c5-1-3-7-4-2-6;5-3-1-2-4-6;4-2-1-3-5/h5-6H,1-4H2;5-6H,1-4H2;4-5H,1-3H2. The molecule has 0 bridgehead atoms. The largest absolute Gasteiger partial charge is 0.396 e. The molecule has 0 radical (unpaired) electrons. The van der Waals surface area contributed by atoms with Gasteiger partial charge in [0, 0.05) is 26.4 Å². The molecular formula is C11H28O7. The van der Waals surface area contributed by atoms with E-state index in [4.69, 9.17) is 30.6 Å². The molecule has 7 heteroatoms. The van der Waals surface area contributed by atoms with Crippen LogP contribution in [0.2, 0.25) is 0 Å². The molecule has 0 saturated carbocycles. The van der Waals surface area contributed by atoms with Crippen molar-refractivity contribution in [1.82, 2.24) is 0 Å². The van der Waals surface area contributed by atoms with Crippen molar-refractivity contribution in [3.8, 4) is 0 Å². The van der Waals surface area contributed by atoms with Gasteiger partial charge in [-0.3, -0.25) is 0 Å². The first-order valence-electron chi connectivity index (χ1n) is 5.97. The highest BCUT2D eigenvalue weighted by Gasteiger charge is 1.79. The van der Waals surface area contributed by atoms with E-state index in [-0.39, 0.29) is 39.6 Å². The molecule has 18 heavy (non-hydrogen) atoms. The van der Waals surface area contributed by atoms with Crippen LogP contribution in [0.25, 0.3) is 0 Å². The monoisotopic (exact) mass is 272 g/mol. The molecule has 0 atom stereocenters. The van der Waals surface area contributed by atoms with Gasteiger partial charge in [0.1, 0.15) is 0 Å². The van der Waals surface area contributed by atoms with Gasteiger partial charge < -0.3 is 35.4 Å². The molecule has 0 aliphatic rings. The number of hydrogen-bond donors (Lipinski definition) is 6. The SMILES string of the molecule is OCCCCO.OCCCO.OCCOCCO. The summed E-state index contributed by atoms with van der Waals surface area (Å²) in [5.74, 6) is 0. The molecule has 7 nitrogen and oxygen atoms in total. The van der Waals surface area contributed by atoms with Crippen LogP contribution in [0, 0.1) is 0 Å². The lowest BCUT2D eigenvalue weighted by Gasteiger charge is -1.94. The Morgan fingerprint density at radius 1 is 0.444 bits per heavy atom. The normalized spacial score (nSPS) is 9.00. The third-order valence-electron chi connectivity index (χ3n) is 1.35. The second kappa shape index (κ2) is 30.1. The Bertz CT molecular complexity index is 93.4. The number of hydrogen-bond acceptors (Lipinski definition) is 7. The lowest BCUT2D eigenvalue weighted by atomic mass is 10.3. The maximum atomic E-state index is 8.09. The number of unbranched alkanes of at least 4 members (excludes halogenated alkanes) is 1. The predicted octanol–water partition coefficient (Wildman–Crippen LogP) is -1.90. The first kappa shape index (κ1) is 22.9. The average Bonchev–Trinajstić information content (AvgIpc) is 2.39. The summed E-state index contributed by atoms with van der Waals surface area (Å²) in [5, 5.41) is 48.2. The van der Waals surface area contributed by atoms with Crippen LogP contribution in [-0.2, 0) is 4.74 Å². The van der Waals surface area contributed by atoms with E-state index in [1.54, 1.807) is 0 Å². The summed E-state index contributed by atoms with van der Waals surface area (Å²) in [4.78, 5) is 0. The van der Waals surface area contributed by atoms with Crippen LogP contribution in [0.4, 0.5) is 0 Å². The second-order valence-electron chi connectivity index (χ2n) is 3.01. The molecule has 0 heterocycles. The molecular weight excluding hydrogens is 244 g/mol. The van der Waals surface area contributed by atoms with E-state index in [1.807, 2.05) is 0 Å². The van der Waals surface area contributed by atoms with Crippen molar-refractivity contribution in [2.75, 3.05) is 52.9 Å². The van der Waals surface area contributed by atoms with Crippen LogP contribution in [-0.4, -0.2) is 83.5 Å². The molecule has 0 unspecified atom stereocenters. The molecule has 0 fully saturated rings.